The van der Waals surface area contributed by atoms with E-state index in [0.29, 0.717) is 0 Å². The lowest BCUT2D eigenvalue weighted by Gasteiger charge is -2.22. The molecule has 0 radical (unpaired) electrons. The molecule has 2 rings (SSSR count). The van der Waals surface area contributed by atoms with Gasteiger partial charge in [0.05, 0.1) is 8.07 Å². The van der Waals surface area contributed by atoms with Gasteiger partial charge >= 0.3 is 0 Å². The maximum atomic E-state index is 2.48. The Balaban J connectivity index is 2.04. The number of benzene rings is 2. The van der Waals surface area contributed by atoms with Crippen molar-refractivity contribution >= 4 is 8.07 Å². The highest BCUT2D eigenvalue weighted by Gasteiger charge is 2.21. The number of hydrogen-bond donors (Lipinski definition) is 0. The summed E-state index contributed by atoms with van der Waals surface area (Å²) in [4.78, 5) is 0. The third-order valence-electron chi connectivity index (χ3n) is 3.05. The molecule has 0 aliphatic rings. The van der Waals surface area contributed by atoms with Crippen LogP contribution in [0.15, 0.2) is 60.7 Å². The van der Waals surface area contributed by atoms with Gasteiger partial charge in [0.1, 0.15) is 0 Å². The summed E-state index contributed by atoms with van der Waals surface area (Å²) in [6.07, 6.45) is 0. The average Bonchev–Trinajstić information content (AvgIpc) is 2.30. The Morgan fingerprint density at radius 1 is 0.647 bits per heavy atom. The first kappa shape index (κ1) is 12.1. The molecule has 0 bridgehead atoms. The first-order valence-electron chi connectivity index (χ1n) is 6.24. The number of rotatable bonds is 4. The van der Waals surface area contributed by atoms with E-state index in [1.165, 1.54) is 23.2 Å². The third kappa shape index (κ3) is 3.86. The Hall–Kier alpha value is -1.34. The Kier molecular flexibility index (Phi) is 3.80. The Labute approximate surface area is 105 Å². The molecule has 0 saturated heterocycles. The van der Waals surface area contributed by atoms with Crippen molar-refractivity contribution in [2.75, 3.05) is 0 Å². The maximum absolute atomic E-state index is 2.48. The normalized spacial score (nSPS) is 11.4. The van der Waals surface area contributed by atoms with Crippen molar-refractivity contribution < 1.29 is 0 Å². The molecule has 0 heterocycles. The summed E-state index contributed by atoms with van der Waals surface area (Å²) in [5.41, 5.74) is 2.97. The highest BCUT2D eigenvalue weighted by molar-refractivity contribution is 6.76. The fourth-order valence-corrected chi connectivity index (χ4v) is 5.17. The fourth-order valence-electron chi connectivity index (χ4n) is 2.36. The van der Waals surface area contributed by atoms with Crippen molar-refractivity contribution in [1.29, 1.82) is 0 Å². The van der Waals surface area contributed by atoms with E-state index in [9.17, 15) is 0 Å². The summed E-state index contributed by atoms with van der Waals surface area (Å²) < 4.78 is 0. The van der Waals surface area contributed by atoms with Gasteiger partial charge in [-0.15, -0.1) is 0 Å². The molecule has 0 unspecified atom stereocenters. The minimum atomic E-state index is -1.18. The van der Waals surface area contributed by atoms with Crippen LogP contribution in [0.5, 0.6) is 0 Å². The van der Waals surface area contributed by atoms with E-state index in [1.54, 1.807) is 0 Å². The topological polar surface area (TPSA) is 0 Å². The van der Waals surface area contributed by atoms with Crippen LogP contribution in [0.1, 0.15) is 11.1 Å². The van der Waals surface area contributed by atoms with Gasteiger partial charge in [0.2, 0.25) is 0 Å². The van der Waals surface area contributed by atoms with Crippen LogP contribution in [-0.4, -0.2) is 8.07 Å². The zero-order valence-corrected chi connectivity index (χ0v) is 11.7. The molecule has 0 aliphatic carbocycles. The third-order valence-corrected chi connectivity index (χ3v) is 5.78. The smallest absolute Gasteiger partial charge is 0.0561 e. The average molecular weight is 240 g/mol. The second kappa shape index (κ2) is 5.33. The van der Waals surface area contributed by atoms with Gasteiger partial charge < -0.3 is 0 Å². The SMILES string of the molecule is C[Si](C)(Cc1ccccc1)Cc1ccccc1. The van der Waals surface area contributed by atoms with Crippen molar-refractivity contribution in [3.63, 3.8) is 0 Å². The van der Waals surface area contributed by atoms with Crippen LogP contribution in [0.4, 0.5) is 0 Å². The van der Waals surface area contributed by atoms with Gasteiger partial charge in [0.25, 0.3) is 0 Å². The van der Waals surface area contributed by atoms with Crippen molar-refractivity contribution in [3.05, 3.63) is 71.8 Å². The van der Waals surface area contributed by atoms with Crippen LogP contribution in [0, 0.1) is 0 Å². The molecule has 0 N–H and O–H groups in total. The molecule has 17 heavy (non-hydrogen) atoms. The van der Waals surface area contributed by atoms with Crippen molar-refractivity contribution in [1.82, 2.24) is 0 Å². The molecule has 0 spiro atoms. The monoisotopic (exact) mass is 240 g/mol. The van der Waals surface area contributed by atoms with Crippen LogP contribution in [-0.2, 0) is 12.1 Å². The molecular weight excluding hydrogens is 220 g/mol. The maximum Gasteiger partial charge on any atom is 0.0561 e. The number of hydrogen-bond acceptors (Lipinski definition) is 0. The van der Waals surface area contributed by atoms with Gasteiger partial charge in [-0.2, -0.15) is 0 Å². The lowest BCUT2D eigenvalue weighted by atomic mass is 10.2. The first-order chi connectivity index (χ1) is 8.16. The minimum Gasteiger partial charge on any atom is -0.0689 e. The van der Waals surface area contributed by atoms with E-state index in [0.717, 1.165) is 0 Å². The molecule has 0 nitrogen and oxygen atoms in total. The fraction of sp³-hybridized carbons (Fsp3) is 0.250. The van der Waals surface area contributed by atoms with Crippen LogP contribution in [0.2, 0.25) is 13.1 Å². The molecule has 0 aliphatic heterocycles. The van der Waals surface area contributed by atoms with Crippen molar-refractivity contribution in [2.24, 2.45) is 0 Å². The highest BCUT2D eigenvalue weighted by Crippen LogP contribution is 2.17. The molecule has 0 atom stereocenters. The summed E-state index contributed by atoms with van der Waals surface area (Å²) in [7, 11) is -1.18. The molecule has 0 amide bonds. The highest BCUT2D eigenvalue weighted by atomic mass is 28.3. The van der Waals surface area contributed by atoms with Crippen molar-refractivity contribution in [3.8, 4) is 0 Å². The molecule has 88 valence electrons. The van der Waals surface area contributed by atoms with Crippen LogP contribution in [0.25, 0.3) is 0 Å². The molecular formula is C16H20Si. The second-order valence-electron chi connectivity index (χ2n) is 5.49. The Bertz CT molecular complexity index is 402. The summed E-state index contributed by atoms with van der Waals surface area (Å²) in [5.74, 6) is 0. The van der Waals surface area contributed by atoms with E-state index >= 15 is 0 Å². The van der Waals surface area contributed by atoms with Gasteiger partial charge in [-0.25, -0.2) is 0 Å². The largest absolute Gasteiger partial charge is 0.0689 e. The molecule has 0 aromatic heterocycles. The van der Waals surface area contributed by atoms with Gasteiger partial charge in [0.15, 0.2) is 0 Å². The second-order valence-corrected chi connectivity index (χ2v) is 10.5. The zero-order valence-electron chi connectivity index (χ0n) is 10.7. The summed E-state index contributed by atoms with van der Waals surface area (Å²) >= 11 is 0. The zero-order chi connectivity index (χ0) is 12.1. The summed E-state index contributed by atoms with van der Waals surface area (Å²) in [6, 6.07) is 24.3. The Morgan fingerprint density at radius 3 is 1.35 bits per heavy atom. The van der Waals surface area contributed by atoms with Gasteiger partial charge in [-0.05, 0) is 12.1 Å². The van der Waals surface area contributed by atoms with E-state index in [1.807, 2.05) is 0 Å². The van der Waals surface area contributed by atoms with Crippen LogP contribution in [0.3, 0.4) is 0 Å². The summed E-state index contributed by atoms with van der Waals surface area (Å²) in [6.45, 7) is 4.96. The molecule has 0 saturated carbocycles. The van der Waals surface area contributed by atoms with Crippen molar-refractivity contribution in [2.45, 2.75) is 25.2 Å². The predicted molar refractivity (Wildman–Crippen MR) is 77.8 cm³/mol. The van der Waals surface area contributed by atoms with E-state index in [2.05, 4.69) is 73.8 Å². The predicted octanol–water partition coefficient (Wildman–Crippen LogP) is 4.26. The van der Waals surface area contributed by atoms with Crippen LogP contribution < -0.4 is 0 Å². The van der Waals surface area contributed by atoms with Gasteiger partial charge in [0, 0.05) is 0 Å². The first-order valence-corrected chi connectivity index (χ1v) is 9.65. The lowest BCUT2D eigenvalue weighted by Crippen LogP contribution is -2.32. The minimum absolute atomic E-state index is 1.18. The van der Waals surface area contributed by atoms with E-state index in [-0.39, 0.29) is 0 Å². The van der Waals surface area contributed by atoms with Gasteiger partial charge in [-0.3, -0.25) is 0 Å². The quantitative estimate of drug-likeness (QED) is 0.701. The molecule has 1 heteroatoms. The Morgan fingerprint density at radius 2 is 1.00 bits per heavy atom. The molecule has 2 aromatic carbocycles. The van der Waals surface area contributed by atoms with E-state index in [4.69, 9.17) is 0 Å². The standard InChI is InChI=1S/C16H20Si/c1-17(2,13-15-9-5-3-6-10-15)14-16-11-7-4-8-12-16/h3-12H,13-14H2,1-2H3. The van der Waals surface area contributed by atoms with Crippen LogP contribution >= 0.6 is 0 Å². The van der Waals surface area contributed by atoms with Gasteiger partial charge in [-0.1, -0.05) is 84.9 Å². The van der Waals surface area contributed by atoms with E-state index < -0.39 is 8.07 Å². The molecule has 0 fully saturated rings. The summed E-state index contributed by atoms with van der Waals surface area (Å²) in [5, 5.41) is 0. The lowest BCUT2D eigenvalue weighted by molar-refractivity contribution is 1.21. The molecule has 2 aromatic rings.